The molecule has 0 atom stereocenters. The number of aryl methyl sites for hydroxylation is 1. The van der Waals surface area contributed by atoms with Crippen molar-refractivity contribution in [1.82, 2.24) is 14.6 Å². The molecule has 100 valence electrons. The highest BCUT2D eigenvalue weighted by Gasteiger charge is 2.19. The first-order valence-corrected chi connectivity index (χ1v) is 6.02. The third kappa shape index (κ3) is 1.78. The molecule has 0 amide bonds. The third-order valence-corrected chi connectivity index (χ3v) is 3.15. The van der Waals surface area contributed by atoms with Crippen LogP contribution in [-0.2, 0) is 0 Å². The molecule has 6 heteroatoms. The van der Waals surface area contributed by atoms with E-state index in [1.807, 2.05) is 31.2 Å². The summed E-state index contributed by atoms with van der Waals surface area (Å²) in [6, 6.07) is 11.0. The first-order valence-electron chi connectivity index (χ1n) is 6.02. The zero-order chi connectivity index (χ0) is 14.3. The molecule has 0 aliphatic heterocycles. The van der Waals surface area contributed by atoms with Crippen molar-refractivity contribution in [1.29, 1.82) is 0 Å². The SMILES string of the molecule is Cc1ccccc1-c1ccc2nc(N)nn2c1C(=O)O. The number of anilines is 1. The van der Waals surface area contributed by atoms with Gasteiger partial charge in [0.2, 0.25) is 5.95 Å². The number of pyridine rings is 1. The molecule has 0 unspecified atom stereocenters. The van der Waals surface area contributed by atoms with Gasteiger partial charge in [-0.1, -0.05) is 24.3 Å². The van der Waals surface area contributed by atoms with Crippen molar-refractivity contribution in [3.05, 3.63) is 47.7 Å². The summed E-state index contributed by atoms with van der Waals surface area (Å²) in [6.07, 6.45) is 0. The van der Waals surface area contributed by atoms with Crippen LogP contribution < -0.4 is 5.73 Å². The standard InChI is InChI=1S/C14H12N4O2/c1-8-4-2-3-5-9(8)10-6-7-11-16-14(15)17-18(11)12(10)13(19)20/h2-7H,1H3,(H2,15,17)(H,19,20). The summed E-state index contributed by atoms with van der Waals surface area (Å²) in [5, 5.41) is 13.4. The predicted molar refractivity (Wildman–Crippen MR) is 74.5 cm³/mol. The van der Waals surface area contributed by atoms with E-state index in [2.05, 4.69) is 10.1 Å². The highest BCUT2D eigenvalue weighted by Crippen LogP contribution is 2.27. The number of fused-ring (bicyclic) bond motifs is 1. The zero-order valence-electron chi connectivity index (χ0n) is 10.7. The molecule has 6 nitrogen and oxygen atoms in total. The maximum absolute atomic E-state index is 11.6. The van der Waals surface area contributed by atoms with E-state index in [0.29, 0.717) is 11.2 Å². The van der Waals surface area contributed by atoms with Crippen LogP contribution in [0.1, 0.15) is 16.1 Å². The third-order valence-electron chi connectivity index (χ3n) is 3.15. The van der Waals surface area contributed by atoms with Crippen LogP contribution in [0.5, 0.6) is 0 Å². The van der Waals surface area contributed by atoms with Gasteiger partial charge in [0.15, 0.2) is 11.3 Å². The molecule has 3 rings (SSSR count). The molecule has 0 fully saturated rings. The van der Waals surface area contributed by atoms with E-state index in [4.69, 9.17) is 5.73 Å². The van der Waals surface area contributed by atoms with Crippen molar-refractivity contribution in [2.75, 3.05) is 5.73 Å². The number of rotatable bonds is 2. The number of benzene rings is 1. The lowest BCUT2D eigenvalue weighted by molar-refractivity contribution is 0.0688. The first kappa shape index (κ1) is 12.2. The largest absolute Gasteiger partial charge is 0.476 e. The Morgan fingerprint density at radius 1 is 1.20 bits per heavy atom. The number of carboxylic acid groups (broad SMARTS) is 1. The Morgan fingerprint density at radius 2 is 1.95 bits per heavy atom. The van der Waals surface area contributed by atoms with Crippen LogP contribution in [0.15, 0.2) is 36.4 Å². The average Bonchev–Trinajstić information content (AvgIpc) is 2.78. The minimum Gasteiger partial charge on any atom is -0.476 e. The minimum atomic E-state index is -1.07. The van der Waals surface area contributed by atoms with Gasteiger partial charge in [0.05, 0.1) is 0 Å². The molecular weight excluding hydrogens is 256 g/mol. The number of nitrogens with two attached hydrogens (primary N) is 1. The molecule has 3 N–H and O–H groups in total. The molecule has 0 bridgehead atoms. The number of aromatic nitrogens is 3. The Balaban J connectivity index is 2.39. The number of hydrogen-bond donors (Lipinski definition) is 2. The van der Waals surface area contributed by atoms with Crippen LogP contribution in [0.2, 0.25) is 0 Å². The molecule has 2 heterocycles. The van der Waals surface area contributed by atoms with Crippen molar-refractivity contribution in [3.8, 4) is 11.1 Å². The Hall–Kier alpha value is -2.89. The normalized spacial score (nSPS) is 10.8. The van der Waals surface area contributed by atoms with Crippen LogP contribution in [-0.4, -0.2) is 25.7 Å². The van der Waals surface area contributed by atoms with Gasteiger partial charge >= 0.3 is 5.97 Å². The maximum Gasteiger partial charge on any atom is 0.355 e. The van der Waals surface area contributed by atoms with Crippen molar-refractivity contribution in [2.24, 2.45) is 0 Å². The van der Waals surface area contributed by atoms with Crippen molar-refractivity contribution in [2.45, 2.75) is 6.92 Å². The highest BCUT2D eigenvalue weighted by molar-refractivity contribution is 5.95. The van der Waals surface area contributed by atoms with Gasteiger partial charge in [-0.25, -0.2) is 9.31 Å². The smallest absolute Gasteiger partial charge is 0.355 e. The number of nitrogens with zero attached hydrogens (tertiary/aromatic N) is 3. The van der Waals surface area contributed by atoms with Gasteiger partial charge in [-0.05, 0) is 30.2 Å². The van der Waals surface area contributed by atoms with Gasteiger partial charge in [0, 0.05) is 5.56 Å². The molecule has 0 spiro atoms. The van der Waals surface area contributed by atoms with Gasteiger partial charge < -0.3 is 10.8 Å². The van der Waals surface area contributed by atoms with Gasteiger partial charge in [0.25, 0.3) is 0 Å². The fourth-order valence-electron chi connectivity index (χ4n) is 2.26. The Labute approximate surface area is 114 Å². The molecular formula is C14H12N4O2. The molecule has 0 aliphatic carbocycles. The average molecular weight is 268 g/mol. The van der Waals surface area contributed by atoms with Crippen molar-refractivity contribution in [3.63, 3.8) is 0 Å². The lowest BCUT2D eigenvalue weighted by Crippen LogP contribution is -2.09. The summed E-state index contributed by atoms with van der Waals surface area (Å²) in [5.41, 5.74) is 8.44. The summed E-state index contributed by atoms with van der Waals surface area (Å²) >= 11 is 0. The quantitative estimate of drug-likeness (QED) is 0.741. The molecule has 0 saturated carbocycles. The van der Waals surface area contributed by atoms with E-state index in [1.54, 1.807) is 12.1 Å². The van der Waals surface area contributed by atoms with E-state index >= 15 is 0 Å². The first-order chi connectivity index (χ1) is 9.58. The van der Waals surface area contributed by atoms with Crippen molar-refractivity contribution >= 4 is 17.6 Å². The summed E-state index contributed by atoms with van der Waals surface area (Å²) in [7, 11) is 0. The Morgan fingerprint density at radius 3 is 2.65 bits per heavy atom. The second kappa shape index (κ2) is 4.34. The molecule has 3 aromatic rings. The van der Waals surface area contributed by atoms with E-state index in [9.17, 15) is 9.90 Å². The second-order valence-corrected chi connectivity index (χ2v) is 4.46. The molecule has 1 aromatic carbocycles. The van der Waals surface area contributed by atoms with Crippen LogP contribution in [0.4, 0.5) is 5.95 Å². The molecule has 0 radical (unpaired) electrons. The molecule has 2 aromatic heterocycles. The second-order valence-electron chi connectivity index (χ2n) is 4.46. The number of nitrogen functional groups attached to an aromatic ring is 1. The summed E-state index contributed by atoms with van der Waals surface area (Å²) < 4.78 is 1.26. The number of aromatic carboxylic acids is 1. The zero-order valence-corrected chi connectivity index (χ0v) is 10.7. The minimum absolute atomic E-state index is 0.0504. The van der Waals surface area contributed by atoms with Gasteiger partial charge in [0.1, 0.15) is 0 Å². The van der Waals surface area contributed by atoms with Crippen molar-refractivity contribution < 1.29 is 9.90 Å². The van der Waals surface area contributed by atoms with E-state index in [0.717, 1.165) is 11.1 Å². The predicted octanol–water partition coefficient (Wildman–Crippen LogP) is 1.99. The maximum atomic E-state index is 11.6. The molecule has 0 saturated heterocycles. The van der Waals surface area contributed by atoms with Crippen LogP contribution >= 0.6 is 0 Å². The Kier molecular flexibility index (Phi) is 2.64. The summed E-state index contributed by atoms with van der Waals surface area (Å²) in [4.78, 5) is 15.6. The van der Waals surface area contributed by atoms with Gasteiger partial charge in [-0.3, -0.25) is 0 Å². The number of carbonyl (C=O) groups is 1. The van der Waals surface area contributed by atoms with Gasteiger partial charge in [-0.15, -0.1) is 5.10 Å². The topological polar surface area (TPSA) is 93.5 Å². The Bertz CT molecular complexity index is 823. The fraction of sp³-hybridized carbons (Fsp3) is 0.0714. The number of hydrogen-bond acceptors (Lipinski definition) is 4. The lowest BCUT2D eigenvalue weighted by atomic mass is 9.99. The van der Waals surface area contributed by atoms with Crippen LogP contribution in [0.25, 0.3) is 16.8 Å². The molecule has 0 aliphatic rings. The summed E-state index contributed by atoms with van der Waals surface area (Å²) in [5.74, 6) is -1.02. The van der Waals surface area contributed by atoms with Crippen LogP contribution in [0.3, 0.4) is 0 Å². The van der Waals surface area contributed by atoms with E-state index in [-0.39, 0.29) is 11.6 Å². The van der Waals surface area contributed by atoms with Gasteiger partial charge in [-0.2, -0.15) is 4.98 Å². The summed E-state index contributed by atoms with van der Waals surface area (Å²) in [6.45, 7) is 1.93. The lowest BCUT2D eigenvalue weighted by Gasteiger charge is -2.10. The highest BCUT2D eigenvalue weighted by atomic mass is 16.4. The van der Waals surface area contributed by atoms with E-state index < -0.39 is 5.97 Å². The molecule has 20 heavy (non-hydrogen) atoms. The van der Waals surface area contributed by atoms with Crippen LogP contribution in [0, 0.1) is 6.92 Å². The van der Waals surface area contributed by atoms with E-state index in [1.165, 1.54) is 4.52 Å². The fourth-order valence-corrected chi connectivity index (χ4v) is 2.26. The monoisotopic (exact) mass is 268 g/mol. The number of carboxylic acids is 1.